The van der Waals surface area contributed by atoms with Gasteiger partial charge >= 0.3 is 0 Å². The van der Waals surface area contributed by atoms with Crippen molar-refractivity contribution in [1.29, 1.82) is 0 Å². The van der Waals surface area contributed by atoms with Crippen molar-refractivity contribution in [2.45, 2.75) is 25.4 Å². The Bertz CT molecular complexity index is 568. The van der Waals surface area contributed by atoms with Crippen LogP contribution in [0, 0.1) is 0 Å². The van der Waals surface area contributed by atoms with Gasteiger partial charge in [-0.2, -0.15) is 0 Å². The second-order valence-electron chi connectivity index (χ2n) is 4.66. The van der Waals surface area contributed by atoms with Crippen LogP contribution in [0.2, 0.25) is 0 Å². The van der Waals surface area contributed by atoms with Crippen LogP contribution in [0.3, 0.4) is 0 Å². The molecule has 0 aliphatic heterocycles. The van der Waals surface area contributed by atoms with E-state index in [0.717, 1.165) is 20.1 Å². The lowest BCUT2D eigenvalue weighted by Gasteiger charge is -2.28. The SMILES string of the molecule is CCC(O)(Cc1ccccc1Br)c1cccc(Br)c1. The van der Waals surface area contributed by atoms with Gasteiger partial charge in [-0.15, -0.1) is 0 Å². The Morgan fingerprint density at radius 1 is 1.05 bits per heavy atom. The lowest BCUT2D eigenvalue weighted by molar-refractivity contribution is 0.0325. The van der Waals surface area contributed by atoms with Gasteiger partial charge in [0.2, 0.25) is 0 Å². The van der Waals surface area contributed by atoms with Crippen LogP contribution in [0.4, 0.5) is 0 Å². The molecule has 0 amide bonds. The van der Waals surface area contributed by atoms with Crippen molar-refractivity contribution in [3.8, 4) is 0 Å². The number of aliphatic hydroxyl groups is 1. The summed E-state index contributed by atoms with van der Waals surface area (Å²) in [6, 6.07) is 15.9. The lowest BCUT2D eigenvalue weighted by Crippen LogP contribution is -2.27. The molecule has 3 heteroatoms. The second-order valence-corrected chi connectivity index (χ2v) is 6.43. The Balaban J connectivity index is 2.36. The Morgan fingerprint density at radius 2 is 1.79 bits per heavy atom. The van der Waals surface area contributed by atoms with Gasteiger partial charge in [0.05, 0.1) is 5.60 Å². The van der Waals surface area contributed by atoms with E-state index >= 15 is 0 Å². The average Bonchev–Trinajstić information content (AvgIpc) is 2.41. The topological polar surface area (TPSA) is 20.2 Å². The molecule has 1 N–H and O–H groups in total. The van der Waals surface area contributed by atoms with E-state index in [0.29, 0.717) is 12.8 Å². The van der Waals surface area contributed by atoms with Crippen LogP contribution < -0.4 is 0 Å². The summed E-state index contributed by atoms with van der Waals surface area (Å²) < 4.78 is 2.03. The van der Waals surface area contributed by atoms with Gasteiger partial charge < -0.3 is 5.11 Å². The van der Waals surface area contributed by atoms with Crippen molar-refractivity contribution >= 4 is 31.9 Å². The lowest BCUT2D eigenvalue weighted by atomic mass is 9.85. The van der Waals surface area contributed by atoms with E-state index < -0.39 is 5.60 Å². The normalized spacial score (nSPS) is 14.1. The molecular formula is C16H16Br2O. The molecule has 1 nitrogen and oxygen atoms in total. The van der Waals surface area contributed by atoms with E-state index in [2.05, 4.69) is 31.9 Å². The van der Waals surface area contributed by atoms with Gasteiger partial charge in [0.25, 0.3) is 0 Å². The first-order chi connectivity index (χ1) is 9.05. The predicted octanol–water partition coefficient (Wildman–Crippen LogP) is 5.05. The zero-order valence-corrected chi connectivity index (χ0v) is 13.9. The third-order valence-electron chi connectivity index (χ3n) is 3.39. The zero-order valence-electron chi connectivity index (χ0n) is 10.7. The highest BCUT2D eigenvalue weighted by Crippen LogP contribution is 2.32. The minimum Gasteiger partial charge on any atom is -0.385 e. The Kier molecular flexibility index (Phi) is 4.82. The van der Waals surface area contributed by atoms with Crippen LogP contribution in [-0.4, -0.2) is 5.11 Å². The van der Waals surface area contributed by atoms with E-state index in [1.807, 2.05) is 55.5 Å². The van der Waals surface area contributed by atoms with Crippen molar-refractivity contribution in [2.24, 2.45) is 0 Å². The molecule has 0 spiro atoms. The molecule has 0 aliphatic rings. The van der Waals surface area contributed by atoms with Crippen molar-refractivity contribution in [3.63, 3.8) is 0 Å². The first kappa shape index (κ1) is 14.8. The largest absolute Gasteiger partial charge is 0.385 e. The van der Waals surface area contributed by atoms with Gasteiger partial charge in [0.1, 0.15) is 0 Å². The molecule has 2 aromatic carbocycles. The first-order valence-corrected chi connectivity index (χ1v) is 7.85. The van der Waals surface area contributed by atoms with E-state index in [1.54, 1.807) is 0 Å². The van der Waals surface area contributed by atoms with E-state index in [-0.39, 0.29) is 0 Å². The third-order valence-corrected chi connectivity index (χ3v) is 4.65. The van der Waals surface area contributed by atoms with Crippen molar-refractivity contribution in [2.75, 3.05) is 0 Å². The Morgan fingerprint density at radius 3 is 2.42 bits per heavy atom. The highest BCUT2D eigenvalue weighted by Gasteiger charge is 2.28. The maximum Gasteiger partial charge on any atom is 0.0934 e. The quantitative estimate of drug-likeness (QED) is 0.782. The maximum absolute atomic E-state index is 11.0. The van der Waals surface area contributed by atoms with Crippen LogP contribution in [-0.2, 0) is 12.0 Å². The van der Waals surface area contributed by atoms with E-state index in [4.69, 9.17) is 0 Å². The summed E-state index contributed by atoms with van der Waals surface area (Å²) in [6.45, 7) is 2.01. The molecule has 0 fully saturated rings. The summed E-state index contributed by atoms with van der Waals surface area (Å²) in [7, 11) is 0. The molecule has 100 valence electrons. The summed E-state index contributed by atoms with van der Waals surface area (Å²) >= 11 is 7.01. The molecule has 2 aromatic rings. The summed E-state index contributed by atoms with van der Waals surface area (Å²) in [5, 5.41) is 11.0. The fourth-order valence-corrected chi connectivity index (χ4v) is 2.99. The van der Waals surface area contributed by atoms with E-state index in [9.17, 15) is 5.11 Å². The Hall–Kier alpha value is -0.640. The number of hydrogen-bond acceptors (Lipinski definition) is 1. The number of rotatable bonds is 4. The monoisotopic (exact) mass is 382 g/mol. The van der Waals surface area contributed by atoms with Gasteiger partial charge in [-0.05, 0) is 35.7 Å². The number of hydrogen-bond donors (Lipinski definition) is 1. The molecule has 1 unspecified atom stereocenters. The summed E-state index contributed by atoms with van der Waals surface area (Å²) in [5.74, 6) is 0. The minimum atomic E-state index is -0.840. The van der Waals surface area contributed by atoms with Gasteiger partial charge in [-0.3, -0.25) is 0 Å². The molecule has 2 rings (SSSR count). The zero-order chi connectivity index (χ0) is 13.9. The summed E-state index contributed by atoms with van der Waals surface area (Å²) in [6.07, 6.45) is 1.27. The van der Waals surface area contributed by atoms with Crippen LogP contribution in [0.5, 0.6) is 0 Å². The highest BCUT2D eigenvalue weighted by atomic mass is 79.9. The summed E-state index contributed by atoms with van der Waals surface area (Å²) in [5.41, 5.74) is 1.22. The fraction of sp³-hybridized carbons (Fsp3) is 0.250. The van der Waals surface area contributed by atoms with Crippen molar-refractivity contribution in [1.82, 2.24) is 0 Å². The fourth-order valence-electron chi connectivity index (χ4n) is 2.17. The van der Waals surface area contributed by atoms with Gasteiger partial charge in [0, 0.05) is 15.4 Å². The van der Waals surface area contributed by atoms with Gasteiger partial charge in [0.15, 0.2) is 0 Å². The molecule has 0 radical (unpaired) electrons. The first-order valence-electron chi connectivity index (χ1n) is 6.27. The predicted molar refractivity (Wildman–Crippen MR) is 86.2 cm³/mol. The standard InChI is InChI=1S/C16H16Br2O/c1-2-16(19,13-7-5-8-14(17)10-13)11-12-6-3-4-9-15(12)18/h3-10,19H,2,11H2,1H3. The van der Waals surface area contributed by atoms with Gasteiger partial charge in [-0.1, -0.05) is 69.1 Å². The molecule has 19 heavy (non-hydrogen) atoms. The molecule has 0 bridgehead atoms. The van der Waals surface area contributed by atoms with E-state index in [1.165, 1.54) is 0 Å². The highest BCUT2D eigenvalue weighted by molar-refractivity contribution is 9.10. The van der Waals surface area contributed by atoms with Gasteiger partial charge in [-0.25, -0.2) is 0 Å². The molecule has 0 heterocycles. The molecule has 0 aromatic heterocycles. The molecular weight excluding hydrogens is 368 g/mol. The van der Waals surface area contributed by atoms with Crippen LogP contribution in [0.15, 0.2) is 57.5 Å². The average molecular weight is 384 g/mol. The Labute approximate surface area is 130 Å². The molecule has 0 saturated carbocycles. The second kappa shape index (κ2) is 6.21. The third kappa shape index (κ3) is 3.47. The van der Waals surface area contributed by atoms with Crippen molar-refractivity contribution in [3.05, 3.63) is 68.6 Å². The molecule has 1 atom stereocenters. The van der Waals surface area contributed by atoms with Crippen LogP contribution in [0.25, 0.3) is 0 Å². The maximum atomic E-state index is 11.0. The summed E-state index contributed by atoms with van der Waals surface area (Å²) in [4.78, 5) is 0. The van der Waals surface area contributed by atoms with Crippen LogP contribution in [0.1, 0.15) is 24.5 Å². The number of halogens is 2. The minimum absolute atomic E-state index is 0.599. The van der Waals surface area contributed by atoms with Crippen LogP contribution >= 0.6 is 31.9 Å². The smallest absolute Gasteiger partial charge is 0.0934 e. The molecule has 0 saturated heterocycles. The number of benzene rings is 2. The molecule has 0 aliphatic carbocycles. The van der Waals surface area contributed by atoms with Crippen molar-refractivity contribution < 1.29 is 5.11 Å².